The van der Waals surface area contributed by atoms with Crippen molar-refractivity contribution in [3.63, 3.8) is 0 Å². The molecule has 2 N–H and O–H groups in total. The summed E-state index contributed by atoms with van der Waals surface area (Å²) in [5, 5.41) is 6.64. The second-order valence-electron chi connectivity index (χ2n) is 5.77. The van der Waals surface area contributed by atoms with Crippen molar-refractivity contribution in [1.82, 2.24) is 9.97 Å². The molecule has 110 valence electrons. The van der Waals surface area contributed by atoms with Gasteiger partial charge in [0, 0.05) is 25.1 Å². The van der Waals surface area contributed by atoms with Crippen LogP contribution in [0.5, 0.6) is 0 Å². The van der Waals surface area contributed by atoms with E-state index in [9.17, 15) is 0 Å². The molecular formula is C17H22N4. The van der Waals surface area contributed by atoms with Gasteiger partial charge < -0.3 is 10.6 Å². The predicted molar refractivity (Wildman–Crippen MR) is 86.8 cm³/mol. The van der Waals surface area contributed by atoms with Crippen LogP contribution in [0, 0.1) is 13.8 Å². The lowest BCUT2D eigenvalue weighted by Gasteiger charge is -2.14. The fourth-order valence-electron chi connectivity index (χ4n) is 2.48. The van der Waals surface area contributed by atoms with Crippen molar-refractivity contribution in [2.24, 2.45) is 0 Å². The highest BCUT2D eigenvalue weighted by Crippen LogP contribution is 2.39. The number of rotatable bonds is 5. The fraction of sp³-hybridized carbons (Fsp3) is 0.412. The van der Waals surface area contributed by atoms with E-state index < -0.39 is 0 Å². The van der Waals surface area contributed by atoms with Gasteiger partial charge in [0.15, 0.2) is 0 Å². The summed E-state index contributed by atoms with van der Waals surface area (Å²) < 4.78 is 0. The minimum atomic E-state index is 0.553. The van der Waals surface area contributed by atoms with Gasteiger partial charge in [-0.25, -0.2) is 9.97 Å². The van der Waals surface area contributed by atoms with E-state index in [2.05, 4.69) is 53.7 Å². The third kappa shape index (κ3) is 3.15. The van der Waals surface area contributed by atoms with Crippen LogP contribution in [0.3, 0.4) is 0 Å². The zero-order chi connectivity index (χ0) is 14.8. The second-order valence-corrected chi connectivity index (χ2v) is 5.77. The van der Waals surface area contributed by atoms with E-state index in [-0.39, 0.29) is 0 Å². The van der Waals surface area contributed by atoms with E-state index in [4.69, 9.17) is 4.98 Å². The van der Waals surface area contributed by atoms with E-state index in [1.165, 1.54) is 24.0 Å². The van der Waals surface area contributed by atoms with Crippen molar-refractivity contribution in [2.75, 3.05) is 17.7 Å². The molecule has 4 nitrogen and oxygen atoms in total. The van der Waals surface area contributed by atoms with Crippen LogP contribution in [-0.4, -0.2) is 17.0 Å². The van der Waals surface area contributed by atoms with Gasteiger partial charge in [-0.2, -0.15) is 0 Å². The van der Waals surface area contributed by atoms with Gasteiger partial charge in [-0.3, -0.25) is 0 Å². The number of anilines is 2. The molecule has 0 spiro atoms. The fourth-order valence-corrected chi connectivity index (χ4v) is 2.48. The molecule has 1 aliphatic rings. The van der Waals surface area contributed by atoms with Crippen LogP contribution in [0.2, 0.25) is 0 Å². The Labute approximate surface area is 126 Å². The van der Waals surface area contributed by atoms with Gasteiger partial charge >= 0.3 is 0 Å². The van der Waals surface area contributed by atoms with Gasteiger partial charge in [0.25, 0.3) is 0 Å². The van der Waals surface area contributed by atoms with Gasteiger partial charge in [-0.1, -0.05) is 29.8 Å². The van der Waals surface area contributed by atoms with Crippen LogP contribution >= 0.6 is 0 Å². The summed E-state index contributed by atoms with van der Waals surface area (Å²) in [5.74, 6) is 3.39. The molecule has 21 heavy (non-hydrogen) atoms. The second kappa shape index (κ2) is 5.72. The van der Waals surface area contributed by atoms with Crippen molar-refractivity contribution < 1.29 is 0 Å². The van der Waals surface area contributed by atoms with Crippen molar-refractivity contribution in [2.45, 2.75) is 39.2 Å². The van der Waals surface area contributed by atoms with E-state index in [1.807, 2.05) is 7.05 Å². The van der Waals surface area contributed by atoms with E-state index >= 15 is 0 Å². The molecule has 1 aliphatic carbocycles. The number of aromatic nitrogens is 2. The number of hydrogen-bond acceptors (Lipinski definition) is 4. The van der Waals surface area contributed by atoms with E-state index in [0.29, 0.717) is 5.92 Å². The third-order valence-corrected chi connectivity index (χ3v) is 3.88. The monoisotopic (exact) mass is 282 g/mol. The average molecular weight is 282 g/mol. The van der Waals surface area contributed by atoms with Crippen LogP contribution < -0.4 is 10.6 Å². The minimum Gasteiger partial charge on any atom is -0.373 e. The van der Waals surface area contributed by atoms with E-state index in [0.717, 1.165) is 29.6 Å². The summed E-state index contributed by atoms with van der Waals surface area (Å²) in [5.41, 5.74) is 3.63. The maximum Gasteiger partial charge on any atom is 0.136 e. The molecule has 0 radical (unpaired) electrons. The predicted octanol–water partition coefficient (Wildman–Crippen LogP) is 3.62. The zero-order valence-corrected chi connectivity index (χ0v) is 12.9. The van der Waals surface area contributed by atoms with Crippen LogP contribution in [0.15, 0.2) is 24.3 Å². The van der Waals surface area contributed by atoms with Crippen LogP contribution in [0.1, 0.15) is 41.3 Å². The molecule has 1 fully saturated rings. The van der Waals surface area contributed by atoms with E-state index in [1.54, 1.807) is 0 Å². The Morgan fingerprint density at radius 1 is 1.14 bits per heavy atom. The number of aryl methyl sites for hydroxylation is 1. The average Bonchev–Trinajstić information content (AvgIpc) is 3.31. The summed E-state index contributed by atoms with van der Waals surface area (Å²) in [6, 6.07) is 8.54. The Morgan fingerprint density at radius 2 is 1.90 bits per heavy atom. The molecule has 0 atom stereocenters. The van der Waals surface area contributed by atoms with Crippen molar-refractivity contribution >= 4 is 11.6 Å². The molecule has 1 heterocycles. The smallest absolute Gasteiger partial charge is 0.136 e. The third-order valence-electron chi connectivity index (χ3n) is 3.88. The SMILES string of the molecule is CNc1nc(C2CC2)nc(NCc2cccc(C)c2)c1C. The minimum absolute atomic E-state index is 0.553. The molecule has 0 bridgehead atoms. The van der Waals surface area contributed by atoms with Crippen LogP contribution in [-0.2, 0) is 6.54 Å². The van der Waals surface area contributed by atoms with Crippen molar-refractivity contribution in [1.29, 1.82) is 0 Å². The van der Waals surface area contributed by atoms with Gasteiger partial charge in [0.1, 0.15) is 17.5 Å². The molecule has 1 aromatic heterocycles. The number of hydrogen-bond donors (Lipinski definition) is 2. The van der Waals surface area contributed by atoms with Crippen LogP contribution in [0.25, 0.3) is 0 Å². The zero-order valence-electron chi connectivity index (χ0n) is 12.9. The van der Waals surface area contributed by atoms with Crippen LogP contribution in [0.4, 0.5) is 11.6 Å². The summed E-state index contributed by atoms with van der Waals surface area (Å²) in [4.78, 5) is 9.34. The normalized spacial score (nSPS) is 14.0. The van der Waals surface area contributed by atoms with Gasteiger partial charge in [-0.15, -0.1) is 0 Å². The largest absolute Gasteiger partial charge is 0.373 e. The van der Waals surface area contributed by atoms with Crippen molar-refractivity contribution in [3.05, 3.63) is 46.8 Å². The quantitative estimate of drug-likeness (QED) is 0.879. The topological polar surface area (TPSA) is 49.8 Å². The van der Waals surface area contributed by atoms with Crippen molar-refractivity contribution in [3.8, 4) is 0 Å². The highest BCUT2D eigenvalue weighted by atomic mass is 15.1. The lowest BCUT2D eigenvalue weighted by molar-refractivity contribution is 0.913. The molecule has 0 aliphatic heterocycles. The first-order chi connectivity index (χ1) is 10.2. The maximum absolute atomic E-state index is 4.72. The lowest BCUT2D eigenvalue weighted by Crippen LogP contribution is -2.09. The molecule has 2 aromatic rings. The standard InChI is InChI=1S/C17H22N4/c1-11-5-4-6-13(9-11)10-19-16-12(2)15(18-3)20-17(21-16)14-7-8-14/h4-6,9,14H,7-8,10H2,1-3H3,(H2,18,19,20,21). The highest BCUT2D eigenvalue weighted by molar-refractivity contribution is 5.57. The first kappa shape index (κ1) is 13.9. The summed E-state index contributed by atoms with van der Waals surface area (Å²) in [7, 11) is 1.91. The molecular weight excluding hydrogens is 260 g/mol. The Balaban J connectivity index is 1.82. The molecule has 0 amide bonds. The molecule has 0 saturated heterocycles. The Hall–Kier alpha value is -2.10. The summed E-state index contributed by atoms with van der Waals surface area (Å²) in [6.45, 7) is 4.96. The first-order valence-corrected chi connectivity index (χ1v) is 7.53. The summed E-state index contributed by atoms with van der Waals surface area (Å²) >= 11 is 0. The van der Waals surface area contributed by atoms with Gasteiger partial charge in [0.2, 0.25) is 0 Å². The number of nitrogens with zero attached hydrogens (tertiary/aromatic N) is 2. The Bertz CT molecular complexity index is 647. The Kier molecular flexibility index (Phi) is 3.78. The first-order valence-electron chi connectivity index (χ1n) is 7.53. The molecule has 0 unspecified atom stereocenters. The Morgan fingerprint density at radius 3 is 2.57 bits per heavy atom. The number of nitrogens with one attached hydrogen (secondary N) is 2. The highest BCUT2D eigenvalue weighted by Gasteiger charge is 2.28. The maximum atomic E-state index is 4.72. The molecule has 1 aromatic carbocycles. The lowest BCUT2D eigenvalue weighted by atomic mass is 10.1. The number of benzene rings is 1. The molecule has 3 rings (SSSR count). The molecule has 4 heteroatoms. The van der Waals surface area contributed by atoms with Gasteiger partial charge in [0.05, 0.1) is 0 Å². The molecule has 1 saturated carbocycles. The van der Waals surface area contributed by atoms with Gasteiger partial charge in [-0.05, 0) is 32.3 Å². The summed E-state index contributed by atoms with van der Waals surface area (Å²) in [6.07, 6.45) is 2.42.